The molecule has 0 N–H and O–H groups in total. The van der Waals surface area contributed by atoms with Crippen molar-refractivity contribution >= 4 is 17.5 Å². The van der Waals surface area contributed by atoms with Crippen LogP contribution in [0.2, 0.25) is 0 Å². The highest BCUT2D eigenvalue weighted by atomic mass is 16.6. The molecule has 5 heteroatoms. The van der Waals surface area contributed by atoms with Gasteiger partial charge in [-0.05, 0) is 74.5 Å². The van der Waals surface area contributed by atoms with E-state index in [0.717, 1.165) is 44.9 Å². The van der Waals surface area contributed by atoms with Gasteiger partial charge in [-0.2, -0.15) is 5.26 Å². The van der Waals surface area contributed by atoms with Gasteiger partial charge in [-0.1, -0.05) is 13.8 Å². The minimum Gasteiger partial charge on any atom is -0.458 e. The number of Topliss-reactive ketones (excluding diaryl/α,β-unsaturated/α-hetero) is 2. The number of fused-ring (bicyclic) bond motifs is 6. The van der Waals surface area contributed by atoms with Crippen LogP contribution >= 0.6 is 0 Å². The number of carbonyl (C=O) groups is 3. The number of rotatable bonds is 0. The molecule has 0 aromatic rings. The number of hydrogen-bond acceptors (Lipinski definition) is 5. The fourth-order valence-corrected chi connectivity index (χ4v) is 9.82. The fraction of sp³-hybridized carbons (Fsp3) is 0.840. The van der Waals surface area contributed by atoms with Crippen LogP contribution in [0.3, 0.4) is 0 Å². The molecule has 0 aromatic heterocycles. The molecule has 0 aromatic carbocycles. The highest BCUT2D eigenvalue weighted by Gasteiger charge is 2.74. The van der Waals surface area contributed by atoms with E-state index in [4.69, 9.17) is 4.74 Å². The van der Waals surface area contributed by atoms with E-state index in [2.05, 4.69) is 19.9 Å². The molecule has 5 saturated carbocycles. The average molecular weight is 410 g/mol. The van der Waals surface area contributed by atoms with Crippen LogP contribution < -0.4 is 0 Å². The van der Waals surface area contributed by atoms with E-state index in [1.807, 2.05) is 0 Å². The standard InChI is InChI=1S/C25H31NO4/c1-22-8-5-18(27)20-21(29)14(12-24(20,22)13-26)11-15-16(22)3-7-23(2)17(15)4-9-25(23)10-6-19(28)30-25/h14-17,20H,3-12H2,1-2H3/t14?,15?,16?,17?,20?,22-,23+,24+,25-/m1/s1. The number of hydrogen-bond donors (Lipinski definition) is 0. The Balaban J connectivity index is 1.45. The summed E-state index contributed by atoms with van der Waals surface area (Å²) < 4.78 is 6.04. The molecule has 5 unspecified atom stereocenters. The third kappa shape index (κ3) is 1.85. The summed E-state index contributed by atoms with van der Waals surface area (Å²) in [5, 5.41) is 10.4. The van der Waals surface area contributed by atoms with Gasteiger partial charge in [-0.15, -0.1) is 0 Å². The van der Waals surface area contributed by atoms with Crippen molar-refractivity contribution in [2.45, 2.75) is 83.7 Å². The second kappa shape index (κ2) is 5.56. The third-order valence-electron chi connectivity index (χ3n) is 11.3. The molecule has 5 nitrogen and oxygen atoms in total. The SMILES string of the molecule is C[C@]12CCC3C(CC4C[C@]5(C#N)C(C(=O)CC[C@]35C)C4=O)C1CC[C@@]21CCC(=O)O1. The lowest BCUT2D eigenvalue weighted by molar-refractivity contribution is -0.173. The minimum atomic E-state index is -0.812. The topological polar surface area (TPSA) is 84.2 Å². The second-order valence-corrected chi connectivity index (χ2v) is 11.8. The molecule has 160 valence electrons. The predicted molar refractivity (Wildman–Crippen MR) is 107 cm³/mol. The van der Waals surface area contributed by atoms with Crippen LogP contribution in [-0.2, 0) is 19.1 Å². The first-order valence-corrected chi connectivity index (χ1v) is 11.9. The first-order chi connectivity index (χ1) is 14.2. The minimum absolute atomic E-state index is 0.0123. The van der Waals surface area contributed by atoms with Crippen LogP contribution in [0.25, 0.3) is 0 Å². The number of ketones is 2. The Labute approximate surface area is 177 Å². The highest BCUT2D eigenvalue weighted by Crippen LogP contribution is 2.74. The van der Waals surface area contributed by atoms with E-state index in [-0.39, 0.29) is 39.9 Å². The van der Waals surface area contributed by atoms with Crippen molar-refractivity contribution in [1.82, 2.24) is 0 Å². The molecule has 9 atom stereocenters. The van der Waals surface area contributed by atoms with E-state index in [1.165, 1.54) is 0 Å². The number of carbonyl (C=O) groups excluding carboxylic acids is 3. The van der Waals surface area contributed by atoms with Crippen LogP contribution in [0.4, 0.5) is 0 Å². The monoisotopic (exact) mass is 409 g/mol. The quantitative estimate of drug-likeness (QED) is 0.446. The van der Waals surface area contributed by atoms with Crippen molar-refractivity contribution in [1.29, 1.82) is 5.26 Å². The summed E-state index contributed by atoms with van der Waals surface area (Å²) in [4.78, 5) is 38.2. The molecule has 0 amide bonds. The van der Waals surface area contributed by atoms with Crippen molar-refractivity contribution in [3.63, 3.8) is 0 Å². The summed E-state index contributed by atoms with van der Waals surface area (Å²) in [7, 11) is 0. The average Bonchev–Trinajstić information content (AvgIpc) is 3.31. The van der Waals surface area contributed by atoms with Crippen molar-refractivity contribution in [3.05, 3.63) is 0 Å². The molecule has 1 saturated heterocycles. The maximum Gasteiger partial charge on any atom is 0.306 e. The highest BCUT2D eigenvalue weighted by molar-refractivity contribution is 6.07. The normalized spacial score (nSPS) is 56.3. The fourth-order valence-electron chi connectivity index (χ4n) is 9.82. The first kappa shape index (κ1) is 19.0. The van der Waals surface area contributed by atoms with Crippen LogP contribution in [0.5, 0.6) is 0 Å². The van der Waals surface area contributed by atoms with E-state index in [1.54, 1.807) is 0 Å². The number of nitriles is 1. The Morgan fingerprint density at radius 2 is 1.70 bits per heavy atom. The lowest BCUT2D eigenvalue weighted by Crippen LogP contribution is -2.59. The number of esters is 1. The molecule has 1 heterocycles. The molecule has 6 rings (SSSR count). The van der Waals surface area contributed by atoms with Crippen molar-refractivity contribution in [3.8, 4) is 6.07 Å². The summed E-state index contributed by atoms with van der Waals surface area (Å²) in [6.07, 6.45) is 7.93. The van der Waals surface area contributed by atoms with Gasteiger partial charge in [-0.25, -0.2) is 0 Å². The van der Waals surface area contributed by atoms with Gasteiger partial charge < -0.3 is 4.74 Å². The third-order valence-corrected chi connectivity index (χ3v) is 11.3. The summed E-state index contributed by atoms with van der Waals surface area (Å²) >= 11 is 0. The molecule has 6 fully saturated rings. The Hall–Kier alpha value is -1.70. The molecule has 1 aliphatic heterocycles. The van der Waals surface area contributed by atoms with Gasteiger partial charge >= 0.3 is 5.97 Å². The first-order valence-electron chi connectivity index (χ1n) is 11.9. The summed E-state index contributed by atoms with van der Waals surface area (Å²) in [6.45, 7) is 4.57. The Kier molecular flexibility index (Phi) is 3.52. The molecular formula is C25H31NO4. The molecular weight excluding hydrogens is 378 g/mol. The molecule has 2 bridgehead atoms. The Morgan fingerprint density at radius 1 is 0.967 bits per heavy atom. The predicted octanol–water partition coefficient (Wildman–Crippen LogP) is 3.99. The molecule has 0 radical (unpaired) electrons. The van der Waals surface area contributed by atoms with Gasteiger partial charge in [0, 0.05) is 24.2 Å². The number of nitrogens with zero attached hydrogens (tertiary/aromatic N) is 1. The van der Waals surface area contributed by atoms with Gasteiger partial charge in [0.2, 0.25) is 0 Å². The van der Waals surface area contributed by atoms with E-state index >= 15 is 0 Å². The zero-order valence-electron chi connectivity index (χ0n) is 18.0. The van der Waals surface area contributed by atoms with Crippen molar-refractivity contribution in [2.24, 2.45) is 45.8 Å². The smallest absolute Gasteiger partial charge is 0.306 e. The molecule has 30 heavy (non-hydrogen) atoms. The van der Waals surface area contributed by atoms with Crippen LogP contribution in [0.1, 0.15) is 78.1 Å². The van der Waals surface area contributed by atoms with Gasteiger partial charge in [-0.3, -0.25) is 14.4 Å². The van der Waals surface area contributed by atoms with Crippen molar-refractivity contribution in [2.75, 3.05) is 0 Å². The van der Waals surface area contributed by atoms with Gasteiger partial charge in [0.1, 0.15) is 17.2 Å². The van der Waals surface area contributed by atoms with E-state index < -0.39 is 11.3 Å². The Bertz CT molecular complexity index is 921. The molecule has 5 aliphatic carbocycles. The van der Waals surface area contributed by atoms with Crippen LogP contribution in [0, 0.1) is 57.2 Å². The zero-order valence-corrected chi connectivity index (χ0v) is 18.0. The summed E-state index contributed by atoms with van der Waals surface area (Å²) in [6, 6.07) is 2.60. The van der Waals surface area contributed by atoms with Crippen molar-refractivity contribution < 1.29 is 19.1 Å². The summed E-state index contributed by atoms with van der Waals surface area (Å²) in [5.74, 6) is 0.344. The van der Waals surface area contributed by atoms with E-state index in [9.17, 15) is 19.6 Å². The second-order valence-electron chi connectivity index (χ2n) is 11.8. The molecule has 6 aliphatic rings. The van der Waals surface area contributed by atoms with Crippen LogP contribution in [0.15, 0.2) is 0 Å². The lowest BCUT2D eigenvalue weighted by atomic mass is 9.43. The largest absolute Gasteiger partial charge is 0.458 e. The maximum absolute atomic E-state index is 13.4. The summed E-state index contributed by atoms with van der Waals surface area (Å²) in [5.41, 5.74) is -1.45. The Morgan fingerprint density at radius 3 is 2.40 bits per heavy atom. The van der Waals surface area contributed by atoms with Gasteiger partial charge in [0.05, 0.1) is 17.4 Å². The maximum atomic E-state index is 13.4. The van der Waals surface area contributed by atoms with Gasteiger partial charge in [0.15, 0.2) is 0 Å². The zero-order chi connectivity index (χ0) is 21.1. The van der Waals surface area contributed by atoms with E-state index in [0.29, 0.717) is 37.0 Å². The lowest BCUT2D eigenvalue weighted by Gasteiger charge is -2.59. The number of ether oxygens (including phenoxy) is 1. The van der Waals surface area contributed by atoms with Crippen LogP contribution in [-0.4, -0.2) is 23.1 Å². The molecule has 1 spiro atoms. The van der Waals surface area contributed by atoms with Gasteiger partial charge in [0.25, 0.3) is 0 Å².